The molecule has 2 amide bonds. The number of anilines is 1. The number of rotatable bonds is 8. The molecule has 1 heterocycles. The van der Waals surface area contributed by atoms with Gasteiger partial charge in [0.15, 0.2) is 5.76 Å². The second-order valence-electron chi connectivity index (χ2n) is 6.15. The van der Waals surface area contributed by atoms with Gasteiger partial charge in [-0.2, -0.15) is 0 Å². The Kier molecular flexibility index (Phi) is 6.84. The lowest BCUT2D eigenvalue weighted by Gasteiger charge is -2.07. The third-order valence-electron chi connectivity index (χ3n) is 4.06. The van der Waals surface area contributed by atoms with E-state index in [2.05, 4.69) is 10.6 Å². The third kappa shape index (κ3) is 5.84. The zero-order chi connectivity index (χ0) is 20.5. The molecule has 2 aromatic carbocycles. The van der Waals surface area contributed by atoms with Crippen molar-refractivity contribution in [3.63, 3.8) is 0 Å². The minimum absolute atomic E-state index is 0.202. The van der Waals surface area contributed by atoms with Crippen LogP contribution in [0.3, 0.4) is 0 Å². The fraction of sp³-hybridized carbons (Fsp3) is 0.130. The Bertz CT molecular complexity index is 976. The molecule has 0 aliphatic heterocycles. The Morgan fingerprint density at radius 2 is 1.83 bits per heavy atom. The van der Waals surface area contributed by atoms with Crippen molar-refractivity contribution in [2.24, 2.45) is 0 Å². The average Bonchev–Trinajstić information content (AvgIpc) is 3.28. The Balaban J connectivity index is 1.51. The van der Waals surface area contributed by atoms with Crippen LogP contribution in [0.4, 0.5) is 5.69 Å². The van der Waals surface area contributed by atoms with Crippen molar-refractivity contribution in [2.75, 3.05) is 11.9 Å². The minimum atomic E-state index is -0.312. The first-order chi connectivity index (χ1) is 14.2. The fourth-order valence-corrected chi connectivity index (χ4v) is 2.63. The first-order valence-electron chi connectivity index (χ1n) is 9.27. The van der Waals surface area contributed by atoms with Gasteiger partial charge in [-0.1, -0.05) is 30.3 Å². The normalized spacial score (nSPS) is 10.7. The van der Waals surface area contributed by atoms with Crippen LogP contribution < -0.4 is 15.4 Å². The lowest BCUT2D eigenvalue weighted by molar-refractivity contribution is -0.116. The lowest BCUT2D eigenvalue weighted by Crippen LogP contribution is -2.20. The van der Waals surface area contributed by atoms with Crippen LogP contribution in [0, 0.1) is 0 Å². The number of furan rings is 1. The summed E-state index contributed by atoms with van der Waals surface area (Å²) in [7, 11) is 0. The van der Waals surface area contributed by atoms with Crippen LogP contribution in [-0.2, 0) is 11.3 Å². The number of benzene rings is 2. The van der Waals surface area contributed by atoms with Crippen molar-refractivity contribution in [1.82, 2.24) is 5.32 Å². The lowest BCUT2D eigenvalue weighted by atomic mass is 10.2. The second-order valence-corrected chi connectivity index (χ2v) is 6.15. The van der Waals surface area contributed by atoms with Gasteiger partial charge in [-0.3, -0.25) is 9.59 Å². The maximum absolute atomic E-state index is 12.1. The number of carbonyl (C=O) groups is 2. The van der Waals surface area contributed by atoms with Gasteiger partial charge < -0.3 is 19.8 Å². The number of para-hydroxylation sites is 1. The van der Waals surface area contributed by atoms with Gasteiger partial charge in [0.2, 0.25) is 5.91 Å². The predicted octanol–water partition coefficient (Wildman–Crippen LogP) is 4.26. The maximum Gasteiger partial charge on any atom is 0.291 e. The van der Waals surface area contributed by atoms with Gasteiger partial charge in [0.1, 0.15) is 5.75 Å². The largest absolute Gasteiger partial charge is 0.493 e. The highest BCUT2D eigenvalue weighted by atomic mass is 16.5. The van der Waals surface area contributed by atoms with Crippen molar-refractivity contribution in [3.05, 3.63) is 89.9 Å². The topological polar surface area (TPSA) is 80.6 Å². The summed E-state index contributed by atoms with van der Waals surface area (Å²) in [5.74, 6) is 0.477. The van der Waals surface area contributed by atoms with Crippen molar-refractivity contribution < 1.29 is 18.7 Å². The van der Waals surface area contributed by atoms with E-state index in [9.17, 15) is 9.59 Å². The molecule has 29 heavy (non-hydrogen) atoms. The highest BCUT2D eigenvalue weighted by molar-refractivity contribution is 6.02. The Morgan fingerprint density at radius 1 is 1.03 bits per heavy atom. The summed E-state index contributed by atoms with van der Waals surface area (Å²) in [5.41, 5.74) is 2.41. The van der Waals surface area contributed by atoms with Crippen molar-refractivity contribution >= 4 is 23.6 Å². The fourth-order valence-electron chi connectivity index (χ4n) is 2.63. The zero-order valence-electron chi connectivity index (χ0n) is 16.1. The molecule has 0 saturated heterocycles. The van der Waals surface area contributed by atoms with Crippen LogP contribution in [-0.4, -0.2) is 18.4 Å². The van der Waals surface area contributed by atoms with Gasteiger partial charge in [0.05, 0.1) is 12.9 Å². The van der Waals surface area contributed by atoms with Crippen molar-refractivity contribution in [2.45, 2.75) is 13.5 Å². The summed E-state index contributed by atoms with van der Waals surface area (Å²) in [4.78, 5) is 24.0. The predicted molar refractivity (Wildman–Crippen MR) is 112 cm³/mol. The van der Waals surface area contributed by atoms with E-state index >= 15 is 0 Å². The number of nitrogens with one attached hydrogen (secondary N) is 2. The zero-order valence-corrected chi connectivity index (χ0v) is 16.1. The molecule has 148 valence electrons. The highest BCUT2D eigenvalue weighted by Crippen LogP contribution is 2.19. The molecular weight excluding hydrogens is 368 g/mol. The van der Waals surface area contributed by atoms with Crippen LogP contribution in [0.1, 0.15) is 28.6 Å². The van der Waals surface area contributed by atoms with Gasteiger partial charge >= 0.3 is 0 Å². The van der Waals surface area contributed by atoms with E-state index in [-0.39, 0.29) is 17.6 Å². The smallest absolute Gasteiger partial charge is 0.291 e. The van der Waals surface area contributed by atoms with E-state index in [1.165, 1.54) is 12.3 Å². The number of hydrogen-bond acceptors (Lipinski definition) is 4. The molecule has 0 atom stereocenters. The summed E-state index contributed by atoms with van der Waals surface area (Å²) in [5, 5.41) is 5.58. The van der Waals surface area contributed by atoms with Crippen LogP contribution in [0.25, 0.3) is 6.08 Å². The van der Waals surface area contributed by atoms with E-state index in [1.807, 2.05) is 43.3 Å². The van der Waals surface area contributed by atoms with E-state index in [4.69, 9.17) is 9.15 Å². The van der Waals surface area contributed by atoms with E-state index in [0.29, 0.717) is 18.8 Å². The summed E-state index contributed by atoms with van der Waals surface area (Å²) in [6.07, 6.45) is 4.66. The molecule has 3 aromatic rings. The van der Waals surface area contributed by atoms with Gasteiger partial charge in [-0.15, -0.1) is 0 Å². The van der Waals surface area contributed by atoms with Crippen LogP contribution in [0.2, 0.25) is 0 Å². The summed E-state index contributed by atoms with van der Waals surface area (Å²) in [6.45, 7) is 2.86. The molecule has 0 unspecified atom stereocenters. The summed E-state index contributed by atoms with van der Waals surface area (Å²) in [6, 6.07) is 18.0. The third-order valence-corrected chi connectivity index (χ3v) is 4.06. The minimum Gasteiger partial charge on any atom is -0.493 e. The standard InChI is InChI=1S/C23H22N2O4/c1-2-28-20-7-4-3-6-18(20)11-14-22(26)24-16-17-9-12-19(13-10-17)25-23(27)21-8-5-15-29-21/h3-15H,2,16H2,1H3,(H,24,26)(H,25,27)/b14-11+. The van der Waals surface area contributed by atoms with E-state index in [1.54, 1.807) is 30.3 Å². The highest BCUT2D eigenvalue weighted by Gasteiger charge is 2.08. The second kappa shape index (κ2) is 9.94. The van der Waals surface area contributed by atoms with E-state index < -0.39 is 0 Å². The maximum atomic E-state index is 12.1. The van der Waals surface area contributed by atoms with Crippen LogP contribution >= 0.6 is 0 Å². The molecule has 0 aliphatic carbocycles. The first-order valence-corrected chi connectivity index (χ1v) is 9.27. The van der Waals surface area contributed by atoms with Crippen molar-refractivity contribution in [3.8, 4) is 5.75 Å². The Hall–Kier alpha value is -3.80. The molecule has 0 aliphatic rings. The van der Waals surface area contributed by atoms with Gasteiger partial charge in [0.25, 0.3) is 5.91 Å². The molecule has 0 fully saturated rings. The van der Waals surface area contributed by atoms with Crippen molar-refractivity contribution in [1.29, 1.82) is 0 Å². The number of carbonyl (C=O) groups excluding carboxylic acids is 2. The first kappa shape index (κ1) is 19.9. The monoisotopic (exact) mass is 390 g/mol. The quantitative estimate of drug-likeness (QED) is 0.563. The van der Waals surface area contributed by atoms with E-state index in [0.717, 1.165) is 16.9 Å². The average molecular weight is 390 g/mol. The molecule has 6 heteroatoms. The van der Waals surface area contributed by atoms with Gasteiger partial charge in [-0.25, -0.2) is 0 Å². The molecule has 6 nitrogen and oxygen atoms in total. The van der Waals surface area contributed by atoms with Gasteiger partial charge in [0, 0.05) is 23.9 Å². The molecule has 0 spiro atoms. The SMILES string of the molecule is CCOc1ccccc1/C=C/C(=O)NCc1ccc(NC(=O)c2ccco2)cc1. The number of hydrogen-bond donors (Lipinski definition) is 2. The summed E-state index contributed by atoms with van der Waals surface area (Å²) < 4.78 is 10.6. The molecular formula is C23H22N2O4. The molecule has 3 rings (SSSR count). The molecule has 0 saturated carbocycles. The molecule has 2 N–H and O–H groups in total. The van der Waals surface area contributed by atoms with Crippen LogP contribution in [0.15, 0.2) is 77.4 Å². The number of amides is 2. The molecule has 0 radical (unpaired) electrons. The Morgan fingerprint density at radius 3 is 2.55 bits per heavy atom. The molecule has 0 bridgehead atoms. The van der Waals surface area contributed by atoms with Crippen LogP contribution in [0.5, 0.6) is 5.75 Å². The Labute approximate surface area is 169 Å². The summed E-state index contributed by atoms with van der Waals surface area (Å²) >= 11 is 0. The molecule has 1 aromatic heterocycles. The number of ether oxygens (including phenoxy) is 1. The van der Waals surface area contributed by atoms with Gasteiger partial charge in [-0.05, 0) is 48.9 Å².